The lowest BCUT2D eigenvalue weighted by Gasteiger charge is -2.03. The fourth-order valence-corrected chi connectivity index (χ4v) is 0.309. The van der Waals surface area contributed by atoms with E-state index < -0.39 is 4.84 Å². The lowest BCUT2D eigenvalue weighted by Crippen LogP contribution is -2.20. The van der Waals surface area contributed by atoms with Crippen molar-refractivity contribution in [3.05, 3.63) is 0 Å². The molecule has 0 aliphatic rings. The van der Waals surface area contributed by atoms with Gasteiger partial charge in [-0.05, 0) is 0 Å². The summed E-state index contributed by atoms with van der Waals surface area (Å²) < 4.78 is 0. The van der Waals surface area contributed by atoms with Crippen LogP contribution >= 0.6 is 47.2 Å². The van der Waals surface area contributed by atoms with E-state index in [1.165, 1.54) is 0 Å². The average molecular weight is 199 g/mol. The van der Waals surface area contributed by atoms with Crippen LogP contribution in [-0.4, -0.2) is 16.8 Å². The molecule has 0 aromatic heterocycles. The summed E-state index contributed by atoms with van der Waals surface area (Å²) >= 11 is 16.0. The maximum Gasteiger partial charge on any atom is 0.125 e. The van der Waals surface area contributed by atoms with Crippen LogP contribution < -0.4 is 5.73 Å². The highest BCUT2D eigenvalue weighted by Gasteiger charge is 2.09. The van der Waals surface area contributed by atoms with E-state index in [2.05, 4.69) is 0 Å². The summed E-state index contributed by atoms with van der Waals surface area (Å²) in [5.41, 5.74) is 5.07. The summed E-state index contributed by atoms with van der Waals surface area (Å²) in [6, 6.07) is 0. The topological polar surface area (TPSA) is 26.0 Å². The van der Waals surface area contributed by atoms with Gasteiger partial charge in [0.15, 0.2) is 0 Å². The number of hydrogen-bond acceptors (Lipinski definition) is 1. The van der Waals surface area contributed by atoms with E-state index in [4.69, 9.17) is 40.5 Å². The van der Waals surface area contributed by atoms with Gasteiger partial charge in [0.2, 0.25) is 0 Å². The first-order valence-electron chi connectivity index (χ1n) is 1.80. The highest BCUT2D eigenvalue weighted by molar-refractivity contribution is 6.48. The van der Waals surface area contributed by atoms with E-state index in [1.807, 2.05) is 0 Å². The van der Waals surface area contributed by atoms with Crippen LogP contribution in [0.4, 0.5) is 0 Å². The number of nitrogens with two attached hydrogens (primary N) is 1. The van der Waals surface area contributed by atoms with Crippen LogP contribution in [0.25, 0.3) is 0 Å². The third kappa shape index (κ3) is 5.26. The summed E-state index contributed by atoms with van der Waals surface area (Å²) in [6.45, 7) is 0.319. The zero-order valence-corrected chi connectivity index (χ0v) is 7.07. The molecule has 0 rings (SSSR count). The van der Waals surface area contributed by atoms with Crippen molar-refractivity contribution < 1.29 is 0 Å². The van der Waals surface area contributed by atoms with Gasteiger partial charge in [0, 0.05) is 6.54 Å². The van der Waals surface area contributed by atoms with Crippen LogP contribution in [0.15, 0.2) is 0 Å². The first-order chi connectivity index (χ1) is 3.18. The Kier molecular flexibility index (Phi) is 9.26. The van der Waals surface area contributed by atoms with E-state index in [0.29, 0.717) is 6.54 Å². The second-order valence-corrected chi connectivity index (χ2v) is 2.81. The molecule has 1 atom stereocenters. The molecule has 0 heterocycles. The Hall–Kier alpha value is 1.12. The minimum Gasteiger partial charge on any atom is -0.329 e. The molecule has 0 fully saturated rings. The van der Waals surface area contributed by atoms with Gasteiger partial charge in [-0.2, -0.15) is 0 Å². The van der Waals surface area contributed by atoms with E-state index in [0.717, 1.165) is 0 Å². The predicted octanol–water partition coefficient (Wildman–Crippen LogP) is 1.78. The second-order valence-electron chi connectivity index (χ2n) is 1.09. The van der Waals surface area contributed by atoms with Gasteiger partial charge in [-0.15, -0.1) is 47.2 Å². The van der Waals surface area contributed by atoms with Gasteiger partial charge in [0.05, 0.1) is 5.38 Å². The zero-order valence-electron chi connectivity index (χ0n) is 3.98. The molecule has 0 aliphatic heterocycles. The van der Waals surface area contributed by atoms with Gasteiger partial charge in [-0.3, -0.25) is 0 Å². The van der Waals surface area contributed by atoms with Gasteiger partial charge in [0.1, 0.15) is 4.84 Å². The Morgan fingerprint density at radius 3 is 1.62 bits per heavy atom. The minimum absolute atomic E-state index is 0. The molecule has 0 bridgehead atoms. The van der Waals surface area contributed by atoms with Crippen LogP contribution in [-0.2, 0) is 0 Å². The van der Waals surface area contributed by atoms with Crippen molar-refractivity contribution in [2.75, 3.05) is 6.54 Å². The number of alkyl halides is 3. The van der Waals surface area contributed by atoms with Crippen LogP contribution in [0.2, 0.25) is 0 Å². The third-order valence-corrected chi connectivity index (χ3v) is 1.80. The van der Waals surface area contributed by atoms with Gasteiger partial charge in [-0.1, -0.05) is 0 Å². The standard InChI is InChI=1S/C3H6Cl3N.ClH/c4-2(1-7)3(5)6;/h2-3H,1,7H2;1H. The smallest absolute Gasteiger partial charge is 0.125 e. The minimum atomic E-state index is -0.549. The van der Waals surface area contributed by atoms with Gasteiger partial charge in [0.25, 0.3) is 0 Å². The van der Waals surface area contributed by atoms with E-state index in [9.17, 15) is 0 Å². The van der Waals surface area contributed by atoms with Crippen LogP contribution in [0, 0.1) is 0 Å². The van der Waals surface area contributed by atoms with Crippen LogP contribution in [0.3, 0.4) is 0 Å². The molecule has 0 saturated heterocycles. The number of hydrogen-bond donors (Lipinski definition) is 1. The maximum absolute atomic E-state index is 5.41. The molecule has 2 N–H and O–H groups in total. The highest BCUT2D eigenvalue weighted by atomic mass is 35.5. The Balaban J connectivity index is 0. The Labute approximate surface area is 69.9 Å². The normalized spacial score (nSPS) is 13.1. The Bertz CT molecular complexity index is 48.5. The quantitative estimate of drug-likeness (QED) is 0.673. The molecule has 1 nitrogen and oxygen atoms in total. The molecule has 8 heavy (non-hydrogen) atoms. The highest BCUT2D eigenvalue weighted by Crippen LogP contribution is 2.11. The predicted molar refractivity (Wildman–Crippen MR) is 41.4 cm³/mol. The van der Waals surface area contributed by atoms with Crippen molar-refractivity contribution in [1.29, 1.82) is 0 Å². The largest absolute Gasteiger partial charge is 0.329 e. The summed E-state index contributed by atoms with van der Waals surface area (Å²) in [4.78, 5) is -0.549. The van der Waals surface area contributed by atoms with Gasteiger partial charge in [-0.25, -0.2) is 0 Å². The lowest BCUT2D eigenvalue weighted by atomic mass is 10.5. The average Bonchev–Trinajstić information content (AvgIpc) is 1.65. The lowest BCUT2D eigenvalue weighted by molar-refractivity contribution is 0.913. The van der Waals surface area contributed by atoms with Gasteiger partial charge >= 0.3 is 0 Å². The van der Waals surface area contributed by atoms with E-state index in [-0.39, 0.29) is 17.8 Å². The van der Waals surface area contributed by atoms with Crippen molar-refractivity contribution in [2.24, 2.45) is 5.73 Å². The molecule has 1 unspecified atom stereocenters. The van der Waals surface area contributed by atoms with Crippen molar-refractivity contribution >= 4 is 47.2 Å². The fraction of sp³-hybridized carbons (Fsp3) is 1.00. The molecule has 0 saturated carbocycles. The van der Waals surface area contributed by atoms with Crippen LogP contribution in [0.5, 0.6) is 0 Å². The van der Waals surface area contributed by atoms with Crippen molar-refractivity contribution in [1.82, 2.24) is 0 Å². The maximum atomic E-state index is 5.41. The van der Waals surface area contributed by atoms with Crippen molar-refractivity contribution in [3.8, 4) is 0 Å². The first kappa shape index (κ1) is 11.9. The van der Waals surface area contributed by atoms with Gasteiger partial charge < -0.3 is 5.73 Å². The Morgan fingerprint density at radius 2 is 1.62 bits per heavy atom. The molecule has 0 radical (unpaired) electrons. The van der Waals surface area contributed by atoms with Crippen molar-refractivity contribution in [3.63, 3.8) is 0 Å². The SMILES string of the molecule is Cl.NCC(Cl)C(Cl)Cl. The molecular weight excluding hydrogens is 192 g/mol. The molecule has 0 amide bonds. The van der Waals surface area contributed by atoms with E-state index >= 15 is 0 Å². The molecule has 0 aromatic carbocycles. The molecular formula is C3H7Cl4N. The van der Waals surface area contributed by atoms with E-state index in [1.54, 1.807) is 0 Å². The molecule has 0 spiro atoms. The molecule has 5 heteroatoms. The first-order valence-corrected chi connectivity index (χ1v) is 3.11. The number of halogens is 4. The van der Waals surface area contributed by atoms with Crippen molar-refractivity contribution in [2.45, 2.75) is 10.2 Å². The summed E-state index contributed by atoms with van der Waals surface area (Å²) in [6.07, 6.45) is 0. The molecule has 52 valence electrons. The summed E-state index contributed by atoms with van der Waals surface area (Å²) in [5, 5.41) is -0.316. The number of rotatable bonds is 2. The molecule has 0 aliphatic carbocycles. The zero-order chi connectivity index (χ0) is 5.86. The van der Waals surface area contributed by atoms with Crippen LogP contribution in [0.1, 0.15) is 0 Å². The Morgan fingerprint density at radius 1 is 1.25 bits per heavy atom. The monoisotopic (exact) mass is 197 g/mol. The molecule has 0 aromatic rings. The second kappa shape index (κ2) is 6.24. The fourth-order valence-electron chi connectivity index (χ4n) is 0.103. The third-order valence-electron chi connectivity index (χ3n) is 0.499. The summed E-state index contributed by atoms with van der Waals surface area (Å²) in [7, 11) is 0. The summed E-state index contributed by atoms with van der Waals surface area (Å²) in [5.74, 6) is 0.